The summed E-state index contributed by atoms with van der Waals surface area (Å²) in [7, 11) is 8.29. The molecule has 0 saturated carbocycles. The van der Waals surface area contributed by atoms with Crippen molar-refractivity contribution in [3.8, 4) is 0 Å². The van der Waals surface area contributed by atoms with Gasteiger partial charge in [-0.2, -0.15) is 0 Å². The molecule has 0 radical (unpaired) electrons. The molecule has 4 nitrogen and oxygen atoms in total. The fourth-order valence-electron chi connectivity index (χ4n) is 1.86. The van der Waals surface area contributed by atoms with Crippen molar-refractivity contribution in [1.29, 1.82) is 0 Å². The summed E-state index contributed by atoms with van der Waals surface area (Å²) in [6.45, 7) is 6.24. The van der Waals surface area contributed by atoms with Crippen LogP contribution in [0.3, 0.4) is 0 Å². The van der Waals surface area contributed by atoms with Crippen molar-refractivity contribution in [1.82, 2.24) is 9.80 Å². The molecule has 0 aliphatic rings. The molecule has 0 amide bonds. The second-order valence-corrected chi connectivity index (χ2v) is 6.14. The van der Waals surface area contributed by atoms with Crippen molar-refractivity contribution in [3.63, 3.8) is 0 Å². The first-order chi connectivity index (χ1) is 8.99. The predicted octanol–water partition coefficient (Wildman–Crippen LogP) is 2.39. The van der Waals surface area contributed by atoms with Gasteiger partial charge >= 0.3 is 126 Å². The van der Waals surface area contributed by atoms with Crippen LogP contribution in [-0.4, -0.2) is 63.3 Å². The normalized spacial score (nSPS) is 15.4. The van der Waals surface area contributed by atoms with E-state index in [2.05, 4.69) is 51.8 Å². The summed E-state index contributed by atoms with van der Waals surface area (Å²) in [6, 6.07) is 0. The van der Waals surface area contributed by atoms with Gasteiger partial charge in [0.05, 0.1) is 0 Å². The van der Waals surface area contributed by atoms with Crippen molar-refractivity contribution in [2.24, 2.45) is 0 Å². The molecule has 19 heavy (non-hydrogen) atoms. The summed E-state index contributed by atoms with van der Waals surface area (Å²) in [5.74, 6) is 0. The van der Waals surface area contributed by atoms with E-state index in [9.17, 15) is 0 Å². The van der Waals surface area contributed by atoms with Crippen LogP contribution in [0.1, 0.15) is 39.5 Å². The van der Waals surface area contributed by atoms with Crippen LogP contribution in [0, 0.1) is 0 Å². The Labute approximate surface area is 126 Å². The standard InChI is InChI=1S/2C7H16NO.Cu/c2*1-4-5-7(9)6-8(2)3;/h2*7H,4-6H2,1-3H3;/q2*-1;+2. The summed E-state index contributed by atoms with van der Waals surface area (Å²) in [5.41, 5.74) is 0. The molecule has 0 N–H and O–H groups in total. The van der Waals surface area contributed by atoms with Crippen molar-refractivity contribution in [2.75, 3.05) is 41.3 Å². The van der Waals surface area contributed by atoms with E-state index in [1.54, 1.807) is 0 Å². The van der Waals surface area contributed by atoms with Gasteiger partial charge in [-0.3, -0.25) is 0 Å². The zero-order chi connectivity index (χ0) is 14.7. The second-order valence-electron chi connectivity index (χ2n) is 5.54. The van der Waals surface area contributed by atoms with E-state index in [0.29, 0.717) is 0 Å². The predicted molar refractivity (Wildman–Crippen MR) is 76.7 cm³/mol. The zero-order valence-electron chi connectivity index (χ0n) is 13.4. The SMILES string of the molecule is CCCC(CN(C)C)[O][Cu][O]C(CCC)CN(C)C. The van der Waals surface area contributed by atoms with Crippen molar-refractivity contribution < 1.29 is 23.3 Å². The van der Waals surface area contributed by atoms with Gasteiger partial charge in [0.2, 0.25) is 0 Å². The van der Waals surface area contributed by atoms with E-state index in [4.69, 9.17) is 7.64 Å². The van der Waals surface area contributed by atoms with E-state index in [-0.39, 0.29) is 12.2 Å². The molecular weight excluding hydrogens is 292 g/mol. The van der Waals surface area contributed by atoms with Crippen LogP contribution in [0.15, 0.2) is 0 Å². The quantitative estimate of drug-likeness (QED) is 0.515. The Hall–Kier alpha value is 0.359. The third-order valence-corrected chi connectivity index (χ3v) is 3.43. The van der Waals surface area contributed by atoms with Gasteiger partial charge in [-0.15, -0.1) is 0 Å². The molecular formula is C14H32CuN2O2. The Morgan fingerprint density at radius 1 is 0.789 bits per heavy atom. The molecule has 0 rings (SSSR count). The van der Waals surface area contributed by atoms with E-state index >= 15 is 0 Å². The van der Waals surface area contributed by atoms with E-state index < -0.39 is 0 Å². The molecule has 0 spiro atoms. The first kappa shape index (κ1) is 19.4. The first-order valence-electron chi connectivity index (χ1n) is 7.19. The third kappa shape index (κ3) is 11.9. The van der Waals surface area contributed by atoms with Gasteiger partial charge in [0, 0.05) is 0 Å². The van der Waals surface area contributed by atoms with Crippen LogP contribution < -0.4 is 0 Å². The summed E-state index contributed by atoms with van der Waals surface area (Å²) in [4.78, 5) is 4.31. The Morgan fingerprint density at radius 2 is 1.16 bits per heavy atom. The van der Waals surface area contributed by atoms with E-state index in [1.165, 1.54) is 15.6 Å². The second kappa shape index (κ2) is 12.1. The summed E-state index contributed by atoms with van der Waals surface area (Å²) < 4.78 is 11.6. The topological polar surface area (TPSA) is 24.9 Å². The maximum absolute atomic E-state index is 5.78. The third-order valence-electron chi connectivity index (χ3n) is 2.62. The number of hydrogen-bond acceptors (Lipinski definition) is 4. The number of likely N-dealkylation sites (N-methyl/N-ethyl adjacent to an activating group) is 2. The molecule has 0 aromatic carbocycles. The van der Waals surface area contributed by atoms with Crippen LogP contribution in [0.25, 0.3) is 0 Å². The van der Waals surface area contributed by atoms with Gasteiger partial charge in [-0.1, -0.05) is 0 Å². The molecule has 2 atom stereocenters. The van der Waals surface area contributed by atoms with Crippen LogP contribution in [0.4, 0.5) is 0 Å². The van der Waals surface area contributed by atoms with Gasteiger partial charge < -0.3 is 0 Å². The summed E-state index contributed by atoms with van der Waals surface area (Å²) in [6.07, 6.45) is 4.88. The zero-order valence-corrected chi connectivity index (χ0v) is 14.4. The van der Waals surface area contributed by atoms with E-state index in [1.807, 2.05) is 0 Å². The van der Waals surface area contributed by atoms with E-state index in [0.717, 1.165) is 38.8 Å². The van der Waals surface area contributed by atoms with Crippen LogP contribution in [0.2, 0.25) is 0 Å². The van der Waals surface area contributed by atoms with Gasteiger partial charge in [-0.25, -0.2) is 0 Å². The maximum atomic E-state index is 5.78. The molecule has 0 fully saturated rings. The molecule has 0 bridgehead atoms. The number of rotatable bonds is 12. The molecule has 0 aromatic heterocycles. The van der Waals surface area contributed by atoms with Crippen molar-refractivity contribution in [2.45, 2.75) is 51.7 Å². The van der Waals surface area contributed by atoms with Crippen molar-refractivity contribution in [3.05, 3.63) is 0 Å². The first-order valence-corrected chi connectivity index (χ1v) is 7.95. The Kier molecular flexibility index (Phi) is 12.4. The average molecular weight is 324 g/mol. The summed E-state index contributed by atoms with van der Waals surface area (Å²) in [5, 5.41) is 0. The number of nitrogens with zero attached hydrogens (tertiary/aromatic N) is 2. The fraction of sp³-hybridized carbons (Fsp3) is 1.00. The Morgan fingerprint density at radius 3 is 1.42 bits per heavy atom. The molecule has 0 saturated heterocycles. The molecule has 121 valence electrons. The summed E-state index contributed by atoms with van der Waals surface area (Å²) >= 11 is 1.28. The van der Waals surface area contributed by atoms with Gasteiger partial charge in [-0.05, 0) is 0 Å². The molecule has 5 heteroatoms. The van der Waals surface area contributed by atoms with Gasteiger partial charge in [0.15, 0.2) is 0 Å². The van der Waals surface area contributed by atoms with Crippen LogP contribution in [0.5, 0.6) is 0 Å². The van der Waals surface area contributed by atoms with Crippen LogP contribution in [-0.2, 0) is 23.3 Å². The minimum absolute atomic E-state index is 0.238. The van der Waals surface area contributed by atoms with Gasteiger partial charge in [0.1, 0.15) is 0 Å². The fourth-order valence-corrected chi connectivity index (χ4v) is 2.53. The van der Waals surface area contributed by atoms with Gasteiger partial charge in [0.25, 0.3) is 0 Å². The minimum atomic E-state index is 0.238. The van der Waals surface area contributed by atoms with Crippen LogP contribution >= 0.6 is 0 Å². The number of hydrogen-bond donors (Lipinski definition) is 0. The monoisotopic (exact) mass is 323 g/mol. The molecule has 2 unspecified atom stereocenters. The Balaban J connectivity index is 3.97. The molecule has 0 aliphatic carbocycles. The molecule has 0 heterocycles. The average Bonchev–Trinajstić information content (AvgIpc) is 2.27. The molecule has 0 aromatic rings. The molecule has 0 aliphatic heterocycles. The Bertz CT molecular complexity index is 184. The van der Waals surface area contributed by atoms with Crippen molar-refractivity contribution >= 4 is 0 Å².